The van der Waals surface area contributed by atoms with E-state index in [0.29, 0.717) is 5.92 Å². The van der Waals surface area contributed by atoms with E-state index < -0.39 is 0 Å². The molecule has 0 fully saturated rings. The van der Waals surface area contributed by atoms with Crippen LogP contribution in [0.25, 0.3) is 0 Å². The average molecular weight is 144 g/mol. The van der Waals surface area contributed by atoms with Crippen LogP contribution in [0.1, 0.15) is 26.7 Å². The molecule has 2 unspecified atom stereocenters. The number of carbonyl (C=O) groups is 1. The monoisotopic (exact) mass is 144 g/mol. The van der Waals surface area contributed by atoms with Gasteiger partial charge in [-0.2, -0.15) is 0 Å². The Bertz CT molecular complexity index is 91.3. The Balaban J connectivity index is 3.40. The standard InChI is InChI=1S/C8H16O2/c1-7(4-3-5-9)8(2)6-10/h6-9H,3-5H2,1-2H3. The van der Waals surface area contributed by atoms with Crippen molar-refractivity contribution in [2.75, 3.05) is 6.61 Å². The highest BCUT2D eigenvalue weighted by Crippen LogP contribution is 2.13. The van der Waals surface area contributed by atoms with Crippen LogP contribution in [-0.4, -0.2) is 18.0 Å². The zero-order valence-corrected chi connectivity index (χ0v) is 6.71. The first-order chi connectivity index (χ1) is 4.72. The minimum atomic E-state index is 0.131. The van der Waals surface area contributed by atoms with Gasteiger partial charge in [0, 0.05) is 12.5 Å². The van der Waals surface area contributed by atoms with Crippen molar-refractivity contribution in [2.24, 2.45) is 11.8 Å². The summed E-state index contributed by atoms with van der Waals surface area (Å²) in [5, 5.41) is 8.48. The SMILES string of the molecule is CC(C=O)C(C)CCCO. The van der Waals surface area contributed by atoms with Crippen molar-refractivity contribution >= 4 is 6.29 Å². The van der Waals surface area contributed by atoms with Crippen LogP contribution in [0.3, 0.4) is 0 Å². The molecule has 10 heavy (non-hydrogen) atoms. The molecule has 0 rings (SSSR count). The first kappa shape index (κ1) is 9.63. The van der Waals surface area contributed by atoms with E-state index in [1.54, 1.807) is 0 Å². The number of carbonyl (C=O) groups excluding carboxylic acids is 1. The molecule has 0 aromatic rings. The van der Waals surface area contributed by atoms with Gasteiger partial charge < -0.3 is 9.90 Å². The normalized spacial score (nSPS) is 16.3. The average Bonchev–Trinajstić information content (AvgIpc) is 1.98. The van der Waals surface area contributed by atoms with Gasteiger partial charge in [0.2, 0.25) is 0 Å². The molecule has 0 radical (unpaired) electrons. The van der Waals surface area contributed by atoms with Crippen molar-refractivity contribution in [1.29, 1.82) is 0 Å². The highest BCUT2D eigenvalue weighted by atomic mass is 16.2. The van der Waals surface area contributed by atoms with Gasteiger partial charge in [0.15, 0.2) is 0 Å². The summed E-state index contributed by atoms with van der Waals surface area (Å²) in [6.45, 7) is 4.18. The third-order valence-corrected chi connectivity index (χ3v) is 1.93. The summed E-state index contributed by atoms with van der Waals surface area (Å²) in [4.78, 5) is 10.2. The summed E-state index contributed by atoms with van der Waals surface area (Å²) in [6.07, 6.45) is 2.72. The number of aldehydes is 1. The third kappa shape index (κ3) is 3.62. The van der Waals surface area contributed by atoms with Crippen LogP contribution in [0, 0.1) is 11.8 Å². The van der Waals surface area contributed by atoms with Gasteiger partial charge in [-0.1, -0.05) is 13.8 Å². The second kappa shape index (κ2) is 5.42. The van der Waals surface area contributed by atoms with E-state index in [1.165, 1.54) is 0 Å². The van der Waals surface area contributed by atoms with Gasteiger partial charge in [-0.05, 0) is 18.8 Å². The molecule has 2 heteroatoms. The van der Waals surface area contributed by atoms with E-state index in [9.17, 15) is 4.79 Å². The molecule has 2 atom stereocenters. The fraction of sp³-hybridized carbons (Fsp3) is 0.875. The van der Waals surface area contributed by atoms with Gasteiger partial charge >= 0.3 is 0 Å². The molecule has 0 saturated heterocycles. The summed E-state index contributed by atoms with van der Waals surface area (Å²) in [5.74, 6) is 0.538. The minimum Gasteiger partial charge on any atom is -0.396 e. The largest absolute Gasteiger partial charge is 0.396 e. The summed E-state index contributed by atoms with van der Waals surface area (Å²) in [7, 11) is 0. The lowest BCUT2D eigenvalue weighted by Crippen LogP contribution is -2.09. The van der Waals surface area contributed by atoms with Crippen LogP contribution in [0.2, 0.25) is 0 Å². The van der Waals surface area contributed by atoms with Crippen LogP contribution in [0.5, 0.6) is 0 Å². The molecule has 60 valence electrons. The fourth-order valence-corrected chi connectivity index (χ4v) is 0.810. The first-order valence-corrected chi connectivity index (χ1v) is 3.78. The molecular weight excluding hydrogens is 128 g/mol. The zero-order valence-electron chi connectivity index (χ0n) is 6.71. The maximum absolute atomic E-state index is 10.2. The van der Waals surface area contributed by atoms with Gasteiger partial charge in [-0.3, -0.25) is 0 Å². The maximum atomic E-state index is 10.2. The predicted molar refractivity (Wildman–Crippen MR) is 40.7 cm³/mol. The zero-order chi connectivity index (χ0) is 7.98. The van der Waals surface area contributed by atoms with Gasteiger partial charge in [0.1, 0.15) is 6.29 Å². The van der Waals surface area contributed by atoms with E-state index >= 15 is 0 Å². The van der Waals surface area contributed by atoms with Crippen LogP contribution in [0.4, 0.5) is 0 Å². The van der Waals surface area contributed by atoms with Crippen molar-refractivity contribution in [3.8, 4) is 0 Å². The summed E-state index contributed by atoms with van der Waals surface area (Å²) < 4.78 is 0. The second-order valence-corrected chi connectivity index (χ2v) is 2.84. The second-order valence-electron chi connectivity index (χ2n) is 2.84. The molecule has 0 aliphatic heterocycles. The Morgan fingerprint density at radius 3 is 2.50 bits per heavy atom. The number of aliphatic hydroxyl groups excluding tert-OH is 1. The van der Waals surface area contributed by atoms with E-state index in [4.69, 9.17) is 5.11 Å². The Kier molecular flexibility index (Phi) is 5.22. The van der Waals surface area contributed by atoms with Crippen LogP contribution in [-0.2, 0) is 4.79 Å². The van der Waals surface area contributed by atoms with Gasteiger partial charge in [-0.25, -0.2) is 0 Å². The van der Waals surface area contributed by atoms with E-state index in [1.807, 2.05) is 13.8 Å². The molecule has 0 spiro atoms. The highest BCUT2D eigenvalue weighted by molar-refractivity contribution is 5.53. The number of hydrogen-bond donors (Lipinski definition) is 1. The van der Waals surface area contributed by atoms with E-state index in [-0.39, 0.29) is 12.5 Å². The Morgan fingerprint density at radius 1 is 1.50 bits per heavy atom. The summed E-state index contributed by atoms with van der Waals surface area (Å²) >= 11 is 0. The van der Waals surface area contributed by atoms with Crippen molar-refractivity contribution < 1.29 is 9.90 Å². The lowest BCUT2D eigenvalue weighted by atomic mass is 9.93. The fourth-order valence-electron chi connectivity index (χ4n) is 0.810. The lowest BCUT2D eigenvalue weighted by molar-refractivity contribution is -0.111. The smallest absolute Gasteiger partial charge is 0.123 e. The topological polar surface area (TPSA) is 37.3 Å². The third-order valence-electron chi connectivity index (χ3n) is 1.93. The summed E-state index contributed by atoms with van der Waals surface area (Å²) in [5.41, 5.74) is 0. The molecule has 1 N–H and O–H groups in total. The highest BCUT2D eigenvalue weighted by Gasteiger charge is 2.09. The lowest BCUT2D eigenvalue weighted by Gasteiger charge is -2.12. The van der Waals surface area contributed by atoms with Crippen LogP contribution in [0.15, 0.2) is 0 Å². The summed E-state index contributed by atoms with van der Waals surface area (Å²) in [6, 6.07) is 0. The molecule has 0 aromatic heterocycles. The first-order valence-electron chi connectivity index (χ1n) is 3.78. The molecule has 2 nitrogen and oxygen atoms in total. The molecule has 0 bridgehead atoms. The Morgan fingerprint density at radius 2 is 2.10 bits per heavy atom. The van der Waals surface area contributed by atoms with Crippen molar-refractivity contribution in [3.63, 3.8) is 0 Å². The molecular formula is C8H16O2. The van der Waals surface area contributed by atoms with Gasteiger partial charge in [0.25, 0.3) is 0 Å². The molecule has 0 aliphatic rings. The van der Waals surface area contributed by atoms with Crippen molar-refractivity contribution in [1.82, 2.24) is 0 Å². The van der Waals surface area contributed by atoms with Crippen LogP contribution < -0.4 is 0 Å². The molecule has 0 saturated carbocycles. The Labute approximate surface area is 62.2 Å². The minimum absolute atomic E-state index is 0.131. The quantitative estimate of drug-likeness (QED) is 0.589. The number of rotatable bonds is 5. The van der Waals surface area contributed by atoms with Gasteiger partial charge in [0.05, 0.1) is 0 Å². The van der Waals surface area contributed by atoms with E-state index in [0.717, 1.165) is 19.1 Å². The van der Waals surface area contributed by atoms with E-state index in [2.05, 4.69) is 0 Å². The molecule has 0 heterocycles. The molecule has 0 amide bonds. The number of aliphatic hydroxyl groups is 1. The Hall–Kier alpha value is -0.370. The maximum Gasteiger partial charge on any atom is 0.123 e. The predicted octanol–water partition coefficient (Wildman–Crippen LogP) is 1.23. The molecule has 0 aliphatic carbocycles. The van der Waals surface area contributed by atoms with Crippen molar-refractivity contribution in [3.05, 3.63) is 0 Å². The molecule has 0 aromatic carbocycles. The number of hydrogen-bond acceptors (Lipinski definition) is 2. The van der Waals surface area contributed by atoms with Gasteiger partial charge in [-0.15, -0.1) is 0 Å². The van der Waals surface area contributed by atoms with Crippen LogP contribution >= 0.6 is 0 Å². The van der Waals surface area contributed by atoms with Crippen molar-refractivity contribution in [2.45, 2.75) is 26.7 Å².